The fourth-order valence-electron chi connectivity index (χ4n) is 6.25. The molecule has 5 N–H and O–H groups in total. The molecule has 4 amide bonds. The molecule has 372 valence electrons. The van der Waals surface area contributed by atoms with Gasteiger partial charge in [0, 0.05) is 16.9 Å². The number of aromatic amines is 1. The van der Waals surface area contributed by atoms with E-state index in [9.17, 15) is 24.0 Å². The van der Waals surface area contributed by atoms with Gasteiger partial charge in [-0.15, -0.1) is 17.3 Å². The van der Waals surface area contributed by atoms with Crippen molar-refractivity contribution in [3.05, 3.63) is 121 Å². The lowest BCUT2D eigenvalue weighted by Crippen LogP contribution is -2.45. The summed E-state index contributed by atoms with van der Waals surface area (Å²) in [6, 6.07) is 28.8. The van der Waals surface area contributed by atoms with Crippen LogP contribution < -0.4 is 30.7 Å². The number of aromatic nitrogens is 4. The minimum atomic E-state index is -1.09. The van der Waals surface area contributed by atoms with Gasteiger partial charge in [0.25, 0.3) is 0 Å². The number of imide groups is 1. The number of carbonyl (C=O) groups is 5. The molecule has 0 bridgehead atoms. The Hall–Kier alpha value is -7.86. The number of anilines is 4. The lowest BCUT2D eigenvalue weighted by atomic mass is 10.1. The molecule has 2 aromatic heterocycles. The van der Waals surface area contributed by atoms with Crippen molar-refractivity contribution in [2.45, 2.75) is 92.0 Å². The summed E-state index contributed by atoms with van der Waals surface area (Å²) in [5, 5.41) is 5.73. The van der Waals surface area contributed by atoms with E-state index in [2.05, 4.69) is 25.6 Å². The van der Waals surface area contributed by atoms with Crippen LogP contribution in [-0.4, -0.2) is 80.6 Å². The predicted octanol–water partition coefficient (Wildman–Crippen LogP) is 10.5. The SMILES string of the molecule is COc1ccc(CC(=O)Nc2ccc(-c3cnc(N(C(=O)OC(C)(C)C)C(=O)OC(C)(C)C)n3C(=O)OC(C)(C)C)cc2)cc1.COc1ccc(CC(=O)Nc2ccc(-c3cnc(N)[nH]3)cc2)cc1.Cl. The van der Waals surface area contributed by atoms with Crippen molar-refractivity contribution >= 4 is 65.8 Å². The molecule has 0 atom stereocenters. The molecule has 6 rings (SSSR count). The van der Waals surface area contributed by atoms with Crippen molar-refractivity contribution < 1.29 is 47.7 Å². The third-order valence-corrected chi connectivity index (χ3v) is 9.26. The highest BCUT2D eigenvalue weighted by Crippen LogP contribution is 2.30. The molecule has 0 spiro atoms. The van der Waals surface area contributed by atoms with Gasteiger partial charge in [-0.2, -0.15) is 0 Å². The quantitative estimate of drug-likeness (QED) is 0.0886. The number of rotatable bonds is 11. The van der Waals surface area contributed by atoms with E-state index in [1.54, 1.807) is 119 Å². The maximum atomic E-state index is 13.6. The van der Waals surface area contributed by atoms with Crippen LogP contribution in [0.15, 0.2) is 109 Å². The molecule has 70 heavy (non-hydrogen) atoms. The fraction of sp³-hybridized carbons (Fsp3) is 0.314. The van der Waals surface area contributed by atoms with Crippen LogP contribution in [0.1, 0.15) is 73.4 Å². The van der Waals surface area contributed by atoms with Gasteiger partial charge < -0.3 is 45.0 Å². The minimum absolute atomic E-state index is 0. The van der Waals surface area contributed by atoms with Crippen LogP contribution in [0.3, 0.4) is 0 Å². The van der Waals surface area contributed by atoms with Crippen LogP contribution in [0.25, 0.3) is 22.5 Å². The number of nitrogen functional groups attached to an aromatic ring is 1. The van der Waals surface area contributed by atoms with Gasteiger partial charge in [0.2, 0.25) is 17.8 Å². The third-order valence-electron chi connectivity index (χ3n) is 9.26. The second-order valence-corrected chi connectivity index (χ2v) is 18.5. The third kappa shape index (κ3) is 16.4. The number of amides is 4. The first-order chi connectivity index (χ1) is 32.4. The molecule has 19 heteroatoms. The molecule has 0 saturated carbocycles. The highest BCUT2D eigenvalue weighted by atomic mass is 35.5. The molecular formula is C51H61ClN8O10. The summed E-state index contributed by atoms with van der Waals surface area (Å²) in [7, 11) is 3.19. The van der Waals surface area contributed by atoms with Crippen LogP contribution in [0.5, 0.6) is 11.5 Å². The van der Waals surface area contributed by atoms with Crippen LogP contribution in [-0.2, 0) is 36.6 Å². The average molecular weight is 982 g/mol. The van der Waals surface area contributed by atoms with Crippen molar-refractivity contribution in [3.63, 3.8) is 0 Å². The second-order valence-electron chi connectivity index (χ2n) is 18.5. The first-order valence-electron chi connectivity index (χ1n) is 21.8. The molecular weight excluding hydrogens is 920 g/mol. The maximum absolute atomic E-state index is 13.6. The summed E-state index contributed by atoms with van der Waals surface area (Å²) in [6.07, 6.45) is 0.403. The predicted molar refractivity (Wildman–Crippen MR) is 271 cm³/mol. The van der Waals surface area contributed by atoms with Gasteiger partial charge in [-0.25, -0.2) is 28.9 Å². The Morgan fingerprint density at radius 3 is 1.37 bits per heavy atom. The van der Waals surface area contributed by atoms with E-state index in [0.717, 1.165) is 38.4 Å². The Morgan fingerprint density at radius 2 is 1.00 bits per heavy atom. The normalized spacial score (nSPS) is 11.1. The van der Waals surface area contributed by atoms with Gasteiger partial charge in [0.15, 0.2) is 5.95 Å². The standard InChI is InChI=1S/C33H42N4O8.C18H18N4O2.ClH/c1-31(2,3)43-28(39)36-25(20-34-27(36)37(29(40)44-32(4,5)6)30(41)45-33(7,8)9)22-13-15-23(16-14-22)35-26(38)19-21-11-17-24(42-10)18-12-21;1-24-15-8-2-12(3-9-15)10-17(23)21-14-6-4-13(5-7-14)16-11-20-18(19)22-16;/h11-18,20H,19H2,1-10H3,(H,35,38);2-9,11H,10H2,1H3,(H,21,23)(H3,19,20,22);1H. The van der Waals surface area contributed by atoms with Crippen molar-refractivity contribution in [1.29, 1.82) is 0 Å². The van der Waals surface area contributed by atoms with Gasteiger partial charge in [-0.3, -0.25) is 9.59 Å². The Balaban J connectivity index is 0.000000357. The summed E-state index contributed by atoms with van der Waals surface area (Å²) in [4.78, 5) is 76.9. The van der Waals surface area contributed by atoms with E-state index >= 15 is 0 Å². The molecule has 0 fully saturated rings. The largest absolute Gasteiger partial charge is 0.497 e. The zero-order valence-electron chi connectivity index (χ0n) is 41.2. The number of carbonyl (C=O) groups excluding carboxylic acids is 5. The molecule has 18 nitrogen and oxygen atoms in total. The monoisotopic (exact) mass is 980 g/mol. The molecule has 6 aromatic rings. The fourth-order valence-corrected chi connectivity index (χ4v) is 6.25. The molecule has 0 aliphatic heterocycles. The molecule has 4 aromatic carbocycles. The second kappa shape index (κ2) is 23.4. The summed E-state index contributed by atoms with van der Waals surface area (Å²) in [5.41, 5.74) is 8.20. The van der Waals surface area contributed by atoms with Crippen molar-refractivity contribution in [1.82, 2.24) is 19.5 Å². The average Bonchev–Trinajstić information content (AvgIpc) is 3.90. The summed E-state index contributed by atoms with van der Waals surface area (Å²) in [6.45, 7) is 14.9. The summed E-state index contributed by atoms with van der Waals surface area (Å²) >= 11 is 0. The van der Waals surface area contributed by atoms with Crippen LogP contribution in [0, 0.1) is 0 Å². The van der Waals surface area contributed by atoms with Gasteiger partial charge in [0.1, 0.15) is 28.3 Å². The van der Waals surface area contributed by atoms with Crippen molar-refractivity contribution in [2.24, 2.45) is 0 Å². The van der Waals surface area contributed by atoms with Gasteiger partial charge in [-0.05, 0) is 128 Å². The van der Waals surface area contributed by atoms with E-state index in [1.165, 1.54) is 6.20 Å². The number of halogens is 1. The number of hydrogen-bond donors (Lipinski definition) is 4. The van der Waals surface area contributed by atoms with Gasteiger partial charge >= 0.3 is 18.3 Å². The number of ether oxygens (including phenoxy) is 5. The number of imidazole rings is 2. The lowest BCUT2D eigenvalue weighted by molar-refractivity contribution is -0.116. The first kappa shape index (κ1) is 54.7. The Morgan fingerprint density at radius 1 is 0.586 bits per heavy atom. The van der Waals surface area contributed by atoms with E-state index < -0.39 is 35.1 Å². The van der Waals surface area contributed by atoms with E-state index in [0.29, 0.717) is 34.3 Å². The topological polar surface area (TPSA) is 231 Å². The number of hydrogen-bond acceptors (Lipinski definition) is 13. The highest BCUT2D eigenvalue weighted by Gasteiger charge is 2.38. The highest BCUT2D eigenvalue weighted by molar-refractivity contribution is 6.09. The zero-order chi connectivity index (χ0) is 50.7. The van der Waals surface area contributed by atoms with Gasteiger partial charge in [-0.1, -0.05) is 48.5 Å². The van der Waals surface area contributed by atoms with E-state index in [4.69, 9.17) is 29.4 Å². The van der Waals surface area contributed by atoms with Crippen LogP contribution in [0.4, 0.5) is 37.7 Å². The van der Waals surface area contributed by atoms with Gasteiger partial charge in [0.05, 0.1) is 50.8 Å². The number of nitrogens with two attached hydrogens (primary N) is 1. The molecule has 0 unspecified atom stereocenters. The Bertz CT molecular complexity index is 2690. The van der Waals surface area contributed by atoms with Crippen molar-refractivity contribution in [3.8, 4) is 34.0 Å². The number of nitrogens with one attached hydrogen (secondary N) is 3. The Labute approximate surface area is 413 Å². The van der Waals surface area contributed by atoms with E-state index in [-0.39, 0.29) is 42.3 Å². The lowest BCUT2D eigenvalue weighted by Gasteiger charge is -2.28. The maximum Gasteiger partial charge on any atom is 0.427 e. The summed E-state index contributed by atoms with van der Waals surface area (Å²) in [5.74, 6) is 1.18. The number of methoxy groups -OCH3 is 2. The van der Waals surface area contributed by atoms with Crippen molar-refractivity contribution in [2.75, 3.05) is 35.5 Å². The van der Waals surface area contributed by atoms with Crippen LogP contribution in [0.2, 0.25) is 0 Å². The Kier molecular flexibility index (Phi) is 18.3. The van der Waals surface area contributed by atoms with E-state index in [1.807, 2.05) is 60.7 Å². The number of benzene rings is 4. The molecule has 0 aliphatic rings. The minimum Gasteiger partial charge on any atom is -0.497 e. The smallest absolute Gasteiger partial charge is 0.427 e. The first-order valence-corrected chi connectivity index (χ1v) is 21.8. The molecule has 0 radical (unpaired) electrons. The molecule has 2 heterocycles. The molecule has 0 saturated heterocycles. The molecule has 0 aliphatic carbocycles. The number of H-pyrrole nitrogens is 1. The number of nitrogens with zero attached hydrogens (tertiary/aromatic N) is 4. The van der Waals surface area contributed by atoms with Crippen LogP contribution >= 0.6 is 12.4 Å². The summed E-state index contributed by atoms with van der Waals surface area (Å²) < 4.78 is 27.9. The zero-order valence-corrected chi connectivity index (χ0v) is 42.0.